The van der Waals surface area contributed by atoms with E-state index in [1.165, 1.54) is 0 Å². The van der Waals surface area contributed by atoms with E-state index in [4.69, 9.17) is 19.3 Å². The van der Waals surface area contributed by atoms with Gasteiger partial charge in [0.15, 0.2) is 16.7 Å². The van der Waals surface area contributed by atoms with Crippen LogP contribution in [0.15, 0.2) is 17.3 Å². The van der Waals surface area contributed by atoms with Crippen LogP contribution >= 0.6 is 11.8 Å². The summed E-state index contributed by atoms with van der Waals surface area (Å²) in [6, 6.07) is 3.73. The molecular weight excluding hydrogens is 368 g/mol. The Hall–Kier alpha value is -2.48. The molecule has 0 saturated carbocycles. The van der Waals surface area contributed by atoms with Crippen LogP contribution in [-0.4, -0.2) is 48.1 Å². The lowest BCUT2D eigenvalue weighted by Crippen LogP contribution is -2.11. The molecule has 1 N–H and O–H groups in total. The third-order valence-electron chi connectivity index (χ3n) is 4.43. The first-order valence-electron chi connectivity index (χ1n) is 8.62. The number of methoxy groups -OCH3 is 3. The Morgan fingerprint density at radius 3 is 2.33 bits per heavy atom. The van der Waals surface area contributed by atoms with Crippen molar-refractivity contribution in [2.75, 3.05) is 27.1 Å². The zero-order valence-corrected chi connectivity index (χ0v) is 16.4. The summed E-state index contributed by atoms with van der Waals surface area (Å²) in [5.41, 5.74) is 3.73. The topological polar surface area (TPSA) is 90.8 Å². The fourth-order valence-corrected chi connectivity index (χ4v) is 3.80. The summed E-state index contributed by atoms with van der Waals surface area (Å²) < 4.78 is 16.3. The standard InChI is InChI=1S/C19H22N2O5S/c1-24-14-8-11(9-15(25-2)18(14)26-3)17-12-6-4-5-7-13(12)20-19(21-17)27-10-16(22)23/h8-9H,4-7,10H2,1-3H3,(H,22,23). The number of fused-ring (bicyclic) bond motifs is 1. The number of aliphatic carboxylic acids is 1. The maximum atomic E-state index is 10.9. The van der Waals surface area contributed by atoms with Crippen LogP contribution in [0.25, 0.3) is 11.3 Å². The van der Waals surface area contributed by atoms with Crippen molar-refractivity contribution in [3.63, 3.8) is 0 Å². The van der Waals surface area contributed by atoms with Gasteiger partial charge in [0.1, 0.15) is 0 Å². The second-order valence-electron chi connectivity index (χ2n) is 6.08. The first kappa shape index (κ1) is 19.3. The fourth-order valence-electron chi connectivity index (χ4n) is 3.22. The molecule has 1 aliphatic rings. The lowest BCUT2D eigenvalue weighted by Gasteiger charge is -2.20. The number of nitrogens with zero attached hydrogens (tertiary/aromatic N) is 2. The number of benzene rings is 1. The number of hydrogen-bond donors (Lipinski definition) is 1. The van der Waals surface area contributed by atoms with Gasteiger partial charge < -0.3 is 19.3 Å². The van der Waals surface area contributed by atoms with Crippen molar-refractivity contribution in [1.29, 1.82) is 0 Å². The van der Waals surface area contributed by atoms with Gasteiger partial charge in [-0.3, -0.25) is 4.79 Å². The van der Waals surface area contributed by atoms with Crippen LogP contribution in [0.5, 0.6) is 17.2 Å². The van der Waals surface area contributed by atoms with Crippen molar-refractivity contribution >= 4 is 17.7 Å². The van der Waals surface area contributed by atoms with E-state index in [1.807, 2.05) is 12.1 Å². The Labute approximate surface area is 162 Å². The van der Waals surface area contributed by atoms with Crippen LogP contribution in [0, 0.1) is 0 Å². The highest BCUT2D eigenvalue weighted by atomic mass is 32.2. The Morgan fingerprint density at radius 1 is 1.07 bits per heavy atom. The van der Waals surface area contributed by atoms with Crippen molar-refractivity contribution < 1.29 is 24.1 Å². The van der Waals surface area contributed by atoms with E-state index in [-0.39, 0.29) is 5.75 Å². The Balaban J connectivity index is 2.14. The number of carbonyl (C=O) groups is 1. The number of hydrogen-bond acceptors (Lipinski definition) is 7. The van der Waals surface area contributed by atoms with E-state index in [0.717, 1.165) is 60.0 Å². The van der Waals surface area contributed by atoms with Crippen LogP contribution in [0.4, 0.5) is 0 Å². The summed E-state index contributed by atoms with van der Waals surface area (Å²) in [5, 5.41) is 9.44. The molecule has 3 rings (SSSR count). The molecule has 0 bridgehead atoms. The molecule has 1 aromatic carbocycles. The molecule has 1 aliphatic carbocycles. The normalized spacial score (nSPS) is 13.0. The molecule has 8 heteroatoms. The van der Waals surface area contributed by atoms with Gasteiger partial charge in [-0.2, -0.15) is 0 Å². The fraction of sp³-hybridized carbons (Fsp3) is 0.421. The predicted octanol–water partition coefficient (Wildman–Crippen LogP) is 3.22. The third-order valence-corrected chi connectivity index (χ3v) is 5.26. The minimum absolute atomic E-state index is 0.0759. The average molecular weight is 390 g/mol. The Bertz CT molecular complexity index is 831. The summed E-state index contributed by atoms with van der Waals surface area (Å²) in [6.45, 7) is 0. The van der Waals surface area contributed by atoms with E-state index in [2.05, 4.69) is 9.97 Å². The van der Waals surface area contributed by atoms with Crippen molar-refractivity contribution in [2.24, 2.45) is 0 Å². The van der Waals surface area contributed by atoms with Gasteiger partial charge in [-0.25, -0.2) is 9.97 Å². The first-order valence-corrected chi connectivity index (χ1v) is 9.60. The minimum atomic E-state index is -0.893. The van der Waals surface area contributed by atoms with Crippen LogP contribution in [0.1, 0.15) is 24.1 Å². The van der Waals surface area contributed by atoms with Crippen LogP contribution in [0.2, 0.25) is 0 Å². The van der Waals surface area contributed by atoms with E-state index < -0.39 is 5.97 Å². The summed E-state index contributed by atoms with van der Waals surface area (Å²) in [4.78, 5) is 20.2. The summed E-state index contributed by atoms with van der Waals surface area (Å²) in [5.74, 6) is 0.653. The number of carboxylic acids is 1. The number of carboxylic acid groups (broad SMARTS) is 1. The largest absolute Gasteiger partial charge is 0.493 e. The van der Waals surface area contributed by atoms with E-state index in [1.54, 1.807) is 21.3 Å². The molecule has 0 spiro atoms. The maximum absolute atomic E-state index is 10.9. The van der Waals surface area contributed by atoms with E-state index in [0.29, 0.717) is 22.4 Å². The highest BCUT2D eigenvalue weighted by Crippen LogP contribution is 2.42. The Kier molecular flexibility index (Phi) is 6.05. The molecule has 2 aromatic rings. The number of ether oxygens (including phenoxy) is 3. The summed E-state index contributed by atoms with van der Waals surface area (Å²) in [6.07, 6.45) is 3.91. The lowest BCUT2D eigenvalue weighted by atomic mass is 9.92. The molecule has 0 atom stereocenters. The smallest absolute Gasteiger partial charge is 0.313 e. The summed E-state index contributed by atoms with van der Waals surface area (Å²) in [7, 11) is 4.71. The molecule has 0 fully saturated rings. The quantitative estimate of drug-likeness (QED) is 0.569. The van der Waals surface area contributed by atoms with Gasteiger partial charge in [0.05, 0.1) is 32.8 Å². The molecule has 1 aromatic heterocycles. The number of aryl methyl sites for hydroxylation is 1. The van der Waals surface area contributed by atoms with E-state index >= 15 is 0 Å². The predicted molar refractivity (Wildman–Crippen MR) is 102 cm³/mol. The number of rotatable bonds is 7. The third kappa shape index (κ3) is 4.10. The van der Waals surface area contributed by atoms with Gasteiger partial charge in [0.25, 0.3) is 0 Å². The van der Waals surface area contributed by atoms with Crippen molar-refractivity contribution in [3.8, 4) is 28.5 Å². The molecule has 1 heterocycles. The number of aromatic nitrogens is 2. The molecule has 0 amide bonds. The van der Waals surface area contributed by atoms with Gasteiger partial charge in [-0.05, 0) is 37.8 Å². The van der Waals surface area contributed by atoms with Crippen molar-refractivity contribution in [3.05, 3.63) is 23.4 Å². The van der Waals surface area contributed by atoms with E-state index in [9.17, 15) is 4.79 Å². The maximum Gasteiger partial charge on any atom is 0.313 e. The molecular formula is C19H22N2O5S. The molecule has 0 unspecified atom stereocenters. The zero-order valence-electron chi connectivity index (χ0n) is 15.6. The van der Waals surface area contributed by atoms with Gasteiger partial charge in [0, 0.05) is 16.8 Å². The summed E-state index contributed by atoms with van der Waals surface area (Å²) >= 11 is 1.13. The van der Waals surface area contributed by atoms with Crippen LogP contribution < -0.4 is 14.2 Å². The lowest BCUT2D eigenvalue weighted by molar-refractivity contribution is -0.133. The Morgan fingerprint density at radius 2 is 1.74 bits per heavy atom. The minimum Gasteiger partial charge on any atom is -0.493 e. The molecule has 7 nitrogen and oxygen atoms in total. The average Bonchev–Trinajstić information content (AvgIpc) is 2.70. The van der Waals surface area contributed by atoms with Crippen LogP contribution in [0.3, 0.4) is 0 Å². The monoisotopic (exact) mass is 390 g/mol. The molecule has 0 radical (unpaired) electrons. The SMILES string of the molecule is COc1cc(-c2nc(SCC(=O)O)nc3c2CCCC3)cc(OC)c1OC. The van der Waals surface area contributed by atoms with Crippen molar-refractivity contribution in [2.45, 2.75) is 30.8 Å². The van der Waals surface area contributed by atoms with Gasteiger partial charge in [-0.1, -0.05) is 11.8 Å². The molecule has 0 saturated heterocycles. The van der Waals surface area contributed by atoms with Gasteiger partial charge in [0.2, 0.25) is 5.75 Å². The molecule has 27 heavy (non-hydrogen) atoms. The van der Waals surface area contributed by atoms with Gasteiger partial charge in [-0.15, -0.1) is 0 Å². The highest BCUT2D eigenvalue weighted by Gasteiger charge is 2.22. The molecule has 144 valence electrons. The zero-order chi connectivity index (χ0) is 19.4. The van der Waals surface area contributed by atoms with Crippen molar-refractivity contribution in [1.82, 2.24) is 9.97 Å². The van der Waals surface area contributed by atoms with Gasteiger partial charge >= 0.3 is 5.97 Å². The van der Waals surface area contributed by atoms with Crippen LogP contribution in [-0.2, 0) is 17.6 Å². The second-order valence-corrected chi connectivity index (χ2v) is 7.03. The second kappa shape index (κ2) is 8.47. The highest BCUT2D eigenvalue weighted by molar-refractivity contribution is 7.99. The molecule has 0 aliphatic heterocycles. The first-order chi connectivity index (χ1) is 13.1. The number of thioether (sulfide) groups is 1.